The number of aromatic nitrogens is 1. The zero-order valence-corrected chi connectivity index (χ0v) is 9.49. The molecule has 0 unspecified atom stereocenters. The number of hydrogen-bond donors (Lipinski definition) is 1. The van der Waals surface area contributed by atoms with Crippen LogP contribution in [0.1, 0.15) is 17.7 Å². The lowest BCUT2D eigenvalue weighted by atomic mass is 10.1. The van der Waals surface area contributed by atoms with E-state index in [2.05, 4.69) is 15.8 Å². The molecule has 0 bridgehead atoms. The number of nitriles is 1. The van der Waals surface area contributed by atoms with Crippen molar-refractivity contribution in [2.45, 2.75) is 12.8 Å². The summed E-state index contributed by atoms with van der Waals surface area (Å²) >= 11 is 0. The first kappa shape index (κ1) is 11.2. The van der Waals surface area contributed by atoms with Crippen molar-refractivity contribution in [2.75, 3.05) is 7.11 Å². The SMILES string of the molecule is COC(=O)CCc1cc2cc(C#N)ccc2[nH]1. The van der Waals surface area contributed by atoms with E-state index in [0.29, 0.717) is 18.4 Å². The van der Waals surface area contributed by atoms with E-state index in [0.717, 1.165) is 16.6 Å². The molecule has 1 aromatic heterocycles. The smallest absolute Gasteiger partial charge is 0.305 e. The van der Waals surface area contributed by atoms with E-state index in [4.69, 9.17) is 5.26 Å². The van der Waals surface area contributed by atoms with Crippen LogP contribution in [0.25, 0.3) is 10.9 Å². The van der Waals surface area contributed by atoms with Crippen LogP contribution in [-0.4, -0.2) is 18.1 Å². The van der Waals surface area contributed by atoms with Crippen molar-refractivity contribution in [1.82, 2.24) is 4.98 Å². The number of benzene rings is 1. The highest BCUT2D eigenvalue weighted by molar-refractivity contribution is 5.82. The average molecular weight is 228 g/mol. The standard InChI is InChI=1S/C13H12N2O2/c1-17-13(16)5-3-11-7-10-6-9(8-14)2-4-12(10)15-11/h2,4,6-7,15H,3,5H2,1H3. The Labute approximate surface area is 98.8 Å². The number of rotatable bonds is 3. The molecule has 0 amide bonds. The molecule has 0 spiro atoms. The fraction of sp³-hybridized carbons (Fsp3) is 0.231. The van der Waals surface area contributed by atoms with Gasteiger partial charge in [-0.1, -0.05) is 0 Å². The van der Waals surface area contributed by atoms with Crippen LogP contribution in [0.15, 0.2) is 24.3 Å². The number of carbonyl (C=O) groups is 1. The van der Waals surface area contributed by atoms with E-state index in [1.807, 2.05) is 18.2 Å². The predicted molar refractivity (Wildman–Crippen MR) is 63.4 cm³/mol. The van der Waals surface area contributed by atoms with Crippen LogP contribution < -0.4 is 0 Å². The summed E-state index contributed by atoms with van der Waals surface area (Å²) in [5.41, 5.74) is 2.58. The second-order valence-electron chi connectivity index (χ2n) is 3.78. The van der Waals surface area contributed by atoms with Crippen LogP contribution in [0.3, 0.4) is 0 Å². The molecule has 0 aliphatic heterocycles. The first-order valence-electron chi connectivity index (χ1n) is 5.31. The van der Waals surface area contributed by atoms with Crippen LogP contribution >= 0.6 is 0 Å². The number of hydrogen-bond acceptors (Lipinski definition) is 3. The Bertz CT molecular complexity index is 593. The van der Waals surface area contributed by atoms with Crippen LogP contribution in [0.5, 0.6) is 0 Å². The highest BCUT2D eigenvalue weighted by atomic mass is 16.5. The van der Waals surface area contributed by atoms with Crippen molar-refractivity contribution in [3.8, 4) is 6.07 Å². The van der Waals surface area contributed by atoms with Gasteiger partial charge in [0.1, 0.15) is 0 Å². The van der Waals surface area contributed by atoms with Gasteiger partial charge in [0.2, 0.25) is 0 Å². The minimum absolute atomic E-state index is 0.221. The molecule has 0 atom stereocenters. The normalized spacial score (nSPS) is 10.1. The molecule has 1 aromatic carbocycles. The molecule has 0 saturated heterocycles. The Hall–Kier alpha value is -2.28. The van der Waals surface area contributed by atoms with Gasteiger partial charge in [0, 0.05) is 16.6 Å². The third-order valence-corrected chi connectivity index (χ3v) is 2.63. The van der Waals surface area contributed by atoms with Crippen molar-refractivity contribution in [1.29, 1.82) is 5.26 Å². The maximum absolute atomic E-state index is 11.0. The van der Waals surface area contributed by atoms with Crippen LogP contribution in [0, 0.1) is 11.3 Å². The highest BCUT2D eigenvalue weighted by Gasteiger charge is 2.05. The van der Waals surface area contributed by atoms with E-state index >= 15 is 0 Å². The maximum Gasteiger partial charge on any atom is 0.305 e. The molecule has 0 aliphatic rings. The lowest BCUT2D eigenvalue weighted by molar-refractivity contribution is -0.140. The van der Waals surface area contributed by atoms with E-state index in [-0.39, 0.29) is 5.97 Å². The minimum Gasteiger partial charge on any atom is -0.469 e. The first-order chi connectivity index (χ1) is 8.22. The number of methoxy groups -OCH3 is 1. The number of H-pyrrole nitrogens is 1. The molecule has 4 nitrogen and oxygen atoms in total. The van der Waals surface area contributed by atoms with Gasteiger partial charge < -0.3 is 9.72 Å². The quantitative estimate of drug-likeness (QED) is 0.818. The second-order valence-corrected chi connectivity index (χ2v) is 3.78. The molecular weight excluding hydrogens is 216 g/mol. The largest absolute Gasteiger partial charge is 0.469 e. The van der Waals surface area contributed by atoms with Gasteiger partial charge in [0.15, 0.2) is 0 Å². The zero-order chi connectivity index (χ0) is 12.3. The van der Waals surface area contributed by atoms with Crippen molar-refractivity contribution >= 4 is 16.9 Å². The Morgan fingerprint density at radius 2 is 2.29 bits per heavy atom. The van der Waals surface area contributed by atoms with Gasteiger partial charge in [0.05, 0.1) is 25.2 Å². The lowest BCUT2D eigenvalue weighted by Gasteiger charge is -1.96. The fourth-order valence-electron chi connectivity index (χ4n) is 1.74. The number of fused-ring (bicyclic) bond motifs is 1. The molecule has 1 heterocycles. The summed E-state index contributed by atoms with van der Waals surface area (Å²) in [6, 6.07) is 9.52. The third-order valence-electron chi connectivity index (χ3n) is 2.63. The summed E-state index contributed by atoms with van der Waals surface area (Å²) in [5, 5.41) is 9.78. The van der Waals surface area contributed by atoms with Gasteiger partial charge in [-0.2, -0.15) is 5.26 Å². The first-order valence-corrected chi connectivity index (χ1v) is 5.31. The third kappa shape index (κ3) is 2.45. The Morgan fingerprint density at radius 1 is 1.47 bits per heavy atom. The Balaban J connectivity index is 2.20. The fourth-order valence-corrected chi connectivity index (χ4v) is 1.74. The minimum atomic E-state index is -0.221. The van der Waals surface area contributed by atoms with Crippen LogP contribution in [-0.2, 0) is 16.0 Å². The van der Waals surface area contributed by atoms with Crippen molar-refractivity contribution in [2.24, 2.45) is 0 Å². The topological polar surface area (TPSA) is 65.9 Å². The maximum atomic E-state index is 11.0. The Morgan fingerprint density at radius 3 is 3.00 bits per heavy atom. The summed E-state index contributed by atoms with van der Waals surface area (Å²) in [6.07, 6.45) is 0.970. The van der Waals surface area contributed by atoms with Gasteiger partial charge in [-0.25, -0.2) is 0 Å². The molecule has 17 heavy (non-hydrogen) atoms. The summed E-state index contributed by atoms with van der Waals surface area (Å²) < 4.78 is 4.59. The molecule has 0 radical (unpaired) electrons. The zero-order valence-electron chi connectivity index (χ0n) is 9.49. The molecule has 0 aliphatic carbocycles. The van der Waals surface area contributed by atoms with Gasteiger partial charge in [-0.05, 0) is 30.7 Å². The van der Waals surface area contributed by atoms with Gasteiger partial charge in [0.25, 0.3) is 0 Å². The molecule has 4 heteroatoms. The number of nitrogens with zero attached hydrogens (tertiary/aromatic N) is 1. The second kappa shape index (κ2) is 4.71. The van der Waals surface area contributed by atoms with E-state index in [1.165, 1.54) is 7.11 Å². The van der Waals surface area contributed by atoms with Crippen molar-refractivity contribution in [3.05, 3.63) is 35.5 Å². The van der Waals surface area contributed by atoms with Crippen LogP contribution in [0.2, 0.25) is 0 Å². The van der Waals surface area contributed by atoms with Crippen molar-refractivity contribution < 1.29 is 9.53 Å². The molecule has 0 fully saturated rings. The summed E-state index contributed by atoms with van der Waals surface area (Å²) in [6.45, 7) is 0. The molecule has 0 saturated carbocycles. The van der Waals surface area contributed by atoms with Gasteiger partial charge in [-0.15, -0.1) is 0 Å². The van der Waals surface area contributed by atoms with Gasteiger partial charge >= 0.3 is 5.97 Å². The number of ether oxygens (including phenoxy) is 1. The number of aryl methyl sites for hydroxylation is 1. The highest BCUT2D eigenvalue weighted by Crippen LogP contribution is 2.17. The monoisotopic (exact) mass is 228 g/mol. The summed E-state index contributed by atoms with van der Waals surface area (Å²) in [4.78, 5) is 14.2. The lowest BCUT2D eigenvalue weighted by Crippen LogP contribution is -2.01. The van der Waals surface area contributed by atoms with E-state index in [9.17, 15) is 4.79 Å². The molecule has 1 N–H and O–H groups in total. The Kier molecular flexibility index (Phi) is 3.10. The van der Waals surface area contributed by atoms with E-state index < -0.39 is 0 Å². The van der Waals surface area contributed by atoms with Crippen molar-refractivity contribution in [3.63, 3.8) is 0 Å². The molecule has 2 rings (SSSR count). The molecule has 2 aromatic rings. The predicted octanol–water partition coefficient (Wildman–Crippen LogP) is 2.15. The summed E-state index contributed by atoms with van der Waals surface area (Å²) in [5.74, 6) is -0.221. The molecule has 86 valence electrons. The van der Waals surface area contributed by atoms with Crippen LogP contribution in [0.4, 0.5) is 0 Å². The number of nitrogens with one attached hydrogen (secondary N) is 1. The van der Waals surface area contributed by atoms with E-state index in [1.54, 1.807) is 6.07 Å². The number of aromatic amines is 1. The average Bonchev–Trinajstić information content (AvgIpc) is 2.77. The number of esters is 1. The number of carbonyl (C=O) groups excluding carboxylic acids is 1. The molecular formula is C13H12N2O2. The van der Waals surface area contributed by atoms with Gasteiger partial charge in [-0.3, -0.25) is 4.79 Å². The summed E-state index contributed by atoms with van der Waals surface area (Å²) in [7, 11) is 1.38.